The maximum atomic E-state index is 3.85. The molecule has 1 aliphatic rings. The van der Waals surface area contributed by atoms with Gasteiger partial charge in [0.25, 0.3) is 0 Å². The van der Waals surface area contributed by atoms with Gasteiger partial charge in [-0.2, -0.15) is 0 Å². The Morgan fingerprint density at radius 1 is 1.00 bits per heavy atom. The summed E-state index contributed by atoms with van der Waals surface area (Å²) in [7, 11) is 0. The van der Waals surface area contributed by atoms with Gasteiger partial charge in [-0.25, -0.2) is 0 Å². The van der Waals surface area contributed by atoms with Crippen molar-refractivity contribution in [3.8, 4) is 0 Å². The third-order valence-electron chi connectivity index (χ3n) is 5.40. The molecule has 2 rings (SSSR count). The van der Waals surface area contributed by atoms with Crippen LogP contribution in [0.5, 0.6) is 0 Å². The number of aryl methyl sites for hydroxylation is 3. The van der Waals surface area contributed by atoms with Crippen LogP contribution in [0, 0.1) is 13.8 Å². The highest BCUT2D eigenvalue weighted by molar-refractivity contribution is 5.85. The molecule has 0 fully saturated rings. The zero-order valence-electron chi connectivity index (χ0n) is 16.8. The lowest BCUT2D eigenvalue weighted by atomic mass is 9.85. The highest BCUT2D eigenvalue weighted by atomic mass is 14.2. The van der Waals surface area contributed by atoms with E-state index >= 15 is 0 Å². The predicted octanol–water partition coefficient (Wildman–Crippen LogP) is 7.66. The molecule has 0 N–H and O–H groups in total. The Morgan fingerprint density at radius 2 is 1.64 bits per heavy atom. The Labute approximate surface area is 155 Å². The minimum atomic E-state index is 1.11. The van der Waals surface area contributed by atoms with Gasteiger partial charge in [-0.15, -0.1) is 0 Å². The molecule has 1 aromatic carbocycles. The van der Waals surface area contributed by atoms with Crippen molar-refractivity contribution >= 4 is 5.57 Å². The van der Waals surface area contributed by atoms with Gasteiger partial charge in [0.15, 0.2) is 0 Å². The van der Waals surface area contributed by atoms with E-state index in [1.807, 2.05) is 6.08 Å². The number of benzene rings is 1. The van der Waals surface area contributed by atoms with Crippen LogP contribution in [-0.2, 0) is 6.42 Å². The molecule has 0 amide bonds. The monoisotopic (exact) mass is 334 g/mol. The van der Waals surface area contributed by atoms with Crippen molar-refractivity contribution < 1.29 is 0 Å². The maximum absolute atomic E-state index is 3.85. The highest BCUT2D eigenvalue weighted by Gasteiger charge is 2.20. The molecule has 0 atom stereocenters. The maximum Gasteiger partial charge on any atom is -0.0147 e. The first-order chi connectivity index (χ1) is 12.0. The van der Waals surface area contributed by atoms with Gasteiger partial charge in [0.05, 0.1) is 0 Å². The summed E-state index contributed by atoms with van der Waals surface area (Å²) in [6, 6.07) is 4.86. The summed E-state index contributed by atoms with van der Waals surface area (Å²) in [5.41, 5.74) is 11.9. The Bertz CT molecular complexity index is 715. The van der Waals surface area contributed by atoms with E-state index in [2.05, 4.69) is 65.5 Å². The molecule has 0 spiro atoms. The van der Waals surface area contributed by atoms with E-state index in [0.29, 0.717) is 0 Å². The third-order valence-corrected chi connectivity index (χ3v) is 5.40. The summed E-state index contributed by atoms with van der Waals surface area (Å²) in [5, 5.41) is 0. The fourth-order valence-corrected chi connectivity index (χ4v) is 3.96. The van der Waals surface area contributed by atoms with Crippen molar-refractivity contribution in [3.63, 3.8) is 0 Å². The van der Waals surface area contributed by atoms with Crippen molar-refractivity contribution in [3.05, 3.63) is 75.9 Å². The van der Waals surface area contributed by atoms with Gasteiger partial charge in [-0.1, -0.05) is 69.2 Å². The van der Waals surface area contributed by atoms with Crippen LogP contribution in [0.15, 0.2) is 53.7 Å². The normalized spacial score (nSPS) is 14.7. The molecule has 0 heterocycles. The van der Waals surface area contributed by atoms with Gasteiger partial charge in [0.2, 0.25) is 0 Å². The first kappa shape index (κ1) is 19.5. The van der Waals surface area contributed by atoms with Crippen molar-refractivity contribution in [2.45, 2.75) is 73.1 Å². The molecule has 0 aliphatic heterocycles. The van der Waals surface area contributed by atoms with Gasteiger partial charge < -0.3 is 0 Å². The van der Waals surface area contributed by atoms with Gasteiger partial charge in [-0.3, -0.25) is 0 Å². The number of fused-ring (bicyclic) bond motifs is 1. The molecule has 0 saturated heterocycles. The highest BCUT2D eigenvalue weighted by Crippen LogP contribution is 2.39. The summed E-state index contributed by atoms with van der Waals surface area (Å²) in [5.74, 6) is 0. The van der Waals surface area contributed by atoms with Crippen molar-refractivity contribution in [1.29, 1.82) is 0 Å². The molecule has 0 aromatic heterocycles. The van der Waals surface area contributed by atoms with Crippen LogP contribution >= 0.6 is 0 Å². The second-order valence-corrected chi connectivity index (χ2v) is 7.32. The number of allylic oxidation sites excluding steroid dienone is 7. The molecule has 0 heteroatoms. The van der Waals surface area contributed by atoms with E-state index in [-0.39, 0.29) is 0 Å². The number of hydrogen-bond donors (Lipinski definition) is 0. The number of rotatable bonds is 6. The third kappa shape index (κ3) is 4.42. The first-order valence-corrected chi connectivity index (χ1v) is 9.85. The molecule has 0 saturated carbocycles. The molecule has 134 valence electrons. The topological polar surface area (TPSA) is 0 Å². The minimum absolute atomic E-state index is 1.11. The van der Waals surface area contributed by atoms with Crippen LogP contribution in [0.25, 0.3) is 5.57 Å². The minimum Gasteiger partial charge on any atom is -0.0991 e. The largest absolute Gasteiger partial charge is 0.0991 e. The van der Waals surface area contributed by atoms with E-state index in [9.17, 15) is 0 Å². The van der Waals surface area contributed by atoms with E-state index in [4.69, 9.17) is 0 Å². The zero-order valence-corrected chi connectivity index (χ0v) is 16.8. The van der Waals surface area contributed by atoms with E-state index < -0.39 is 0 Å². The molecule has 0 radical (unpaired) electrons. The van der Waals surface area contributed by atoms with Crippen LogP contribution < -0.4 is 0 Å². The fraction of sp³-hybridized carbons (Fsp3) is 0.440. The van der Waals surface area contributed by atoms with Gasteiger partial charge >= 0.3 is 0 Å². The SMILES string of the molecule is C=C/C=C\C1=C(C)C(=C(CCC)CCC)c2cc(C)c(C)cc2CC1. The summed E-state index contributed by atoms with van der Waals surface area (Å²) in [4.78, 5) is 0. The van der Waals surface area contributed by atoms with E-state index in [1.54, 1.807) is 5.57 Å². The average Bonchev–Trinajstić information content (AvgIpc) is 2.70. The summed E-state index contributed by atoms with van der Waals surface area (Å²) in [6.45, 7) is 15.3. The molecule has 0 nitrogen and oxygen atoms in total. The van der Waals surface area contributed by atoms with Crippen molar-refractivity contribution in [2.24, 2.45) is 0 Å². The molecular weight excluding hydrogens is 300 g/mol. The van der Waals surface area contributed by atoms with Gasteiger partial charge in [0.1, 0.15) is 0 Å². The lowest BCUT2D eigenvalue weighted by Crippen LogP contribution is -2.00. The van der Waals surface area contributed by atoms with Crippen LogP contribution in [0.1, 0.15) is 75.1 Å². The lowest BCUT2D eigenvalue weighted by molar-refractivity contribution is 0.805. The predicted molar refractivity (Wildman–Crippen MR) is 113 cm³/mol. The van der Waals surface area contributed by atoms with Crippen molar-refractivity contribution in [1.82, 2.24) is 0 Å². The molecule has 0 bridgehead atoms. The lowest BCUT2D eigenvalue weighted by Gasteiger charge is -2.19. The zero-order chi connectivity index (χ0) is 18.4. The van der Waals surface area contributed by atoms with Crippen LogP contribution in [0.2, 0.25) is 0 Å². The van der Waals surface area contributed by atoms with E-state index in [1.165, 1.54) is 64.7 Å². The van der Waals surface area contributed by atoms with Gasteiger partial charge in [0, 0.05) is 0 Å². The Morgan fingerprint density at radius 3 is 2.24 bits per heavy atom. The Kier molecular flexibility index (Phi) is 7.05. The second kappa shape index (κ2) is 9.04. The molecular formula is C25H34. The summed E-state index contributed by atoms with van der Waals surface area (Å²) >= 11 is 0. The molecule has 1 aromatic rings. The first-order valence-electron chi connectivity index (χ1n) is 9.85. The Balaban J connectivity index is 2.77. The quantitative estimate of drug-likeness (QED) is 0.468. The van der Waals surface area contributed by atoms with Crippen molar-refractivity contribution in [2.75, 3.05) is 0 Å². The molecule has 1 aliphatic carbocycles. The average molecular weight is 335 g/mol. The van der Waals surface area contributed by atoms with E-state index in [0.717, 1.165) is 12.8 Å². The van der Waals surface area contributed by atoms with Crippen LogP contribution in [0.4, 0.5) is 0 Å². The van der Waals surface area contributed by atoms with Gasteiger partial charge in [-0.05, 0) is 85.4 Å². The Hall–Kier alpha value is -1.82. The smallest absolute Gasteiger partial charge is 0.0147 e. The summed E-state index contributed by atoms with van der Waals surface area (Å²) in [6.07, 6.45) is 13.3. The number of hydrogen-bond acceptors (Lipinski definition) is 0. The van der Waals surface area contributed by atoms with Crippen LogP contribution in [0.3, 0.4) is 0 Å². The summed E-state index contributed by atoms with van der Waals surface area (Å²) < 4.78 is 0. The standard InChI is InChI=1S/C25H34/c1-7-10-13-21-14-15-23-16-18(4)19(5)17-24(23)25(20(21)6)22(11-8-2)12-9-3/h7,10,13,16-17H,1,8-9,11-12,14-15H2,2-6H3/b13-10-. The van der Waals surface area contributed by atoms with Crippen LogP contribution in [-0.4, -0.2) is 0 Å². The fourth-order valence-electron chi connectivity index (χ4n) is 3.96. The molecule has 0 unspecified atom stereocenters. The second-order valence-electron chi connectivity index (χ2n) is 7.32. The molecule has 25 heavy (non-hydrogen) atoms.